The van der Waals surface area contributed by atoms with E-state index in [9.17, 15) is 9.59 Å². The molecule has 5 heteroatoms. The first-order valence-corrected chi connectivity index (χ1v) is 7.07. The van der Waals surface area contributed by atoms with Gasteiger partial charge in [-0.3, -0.25) is 9.59 Å². The Morgan fingerprint density at radius 3 is 2.85 bits per heavy atom. The average Bonchev–Trinajstić information content (AvgIpc) is 2.86. The van der Waals surface area contributed by atoms with Gasteiger partial charge in [-0.25, -0.2) is 0 Å². The topological polar surface area (TPSA) is 70.2 Å². The van der Waals surface area contributed by atoms with Crippen LogP contribution in [-0.4, -0.2) is 31.4 Å². The van der Waals surface area contributed by atoms with Crippen molar-refractivity contribution in [3.63, 3.8) is 0 Å². The Bertz CT molecular complexity index is 488. The first-order chi connectivity index (χ1) is 9.70. The number of para-hydroxylation sites is 1. The summed E-state index contributed by atoms with van der Waals surface area (Å²) in [4.78, 5) is 23.3. The van der Waals surface area contributed by atoms with Crippen LogP contribution in [0.2, 0.25) is 0 Å². The van der Waals surface area contributed by atoms with Crippen LogP contribution >= 0.6 is 0 Å². The van der Waals surface area contributed by atoms with Gasteiger partial charge in [0.2, 0.25) is 11.8 Å². The summed E-state index contributed by atoms with van der Waals surface area (Å²) in [5, 5.41) is 8.69. The quantitative estimate of drug-likeness (QED) is 0.731. The molecule has 1 aromatic carbocycles. The molecule has 1 aliphatic heterocycles. The number of fused-ring (bicyclic) bond motifs is 1. The van der Waals surface area contributed by atoms with Crippen LogP contribution in [-0.2, 0) is 9.59 Å². The first kappa shape index (κ1) is 14.4. The van der Waals surface area contributed by atoms with E-state index in [0.29, 0.717) is 13.0 Å². The molecule has 1 heterocycles. The third-order valence-electron chi connectivity index (χ3n) is 3.39. The molecule has 0 aliphatic carbocycles. The zero-order valence-electron chi connectivity index (χ0n) is 11.7. The molecule has 0 aromatic heterocycles. The molecule has 2 rings (SSSR count). The summed E-state index contributed by atoms with van der Waals surface area (Å²) in [6.07, 6.45) is 1.30. The summed E-state index contributed by atoms with van der Waals surface area (Å²) >= 11 is 0. The van der Waals surface area contributed by atoms with E-state index in [1.165, 1.54) is 5.56 Å². The maximum Gasteiger partial charge on any atom is 0.239 e. The molecule has 1 unspecified atom stereocenters. The van der Waals surface area contributed by atoms with Crippen LogP contribution in [0.3, 0.4) is 0 Å². The lowest BCUT2D eigenvalue weighted by molar-refractivity contribution is -0.126. The maximum atomic E-state index is 11.9. The molecule has 0 spiro atoms. The van der Waals surface area contributed by atoms with Crippen LogP contribution in [0.25, 0.3) is 0 Å². The van der Waals surface area contributed by atoms with Crippen LogP contribution in [0.5, 0.6) is 0 Å². The van der Waals surface area contributed by atoms with E-state index in [4.69, 9.17) is 0 Å². The minimum atomic E-state index is -0.134. The van der Waals surface area contributed by atoms with Crippen molar-refractivity contribution in [3.8, 4) is 0 Å². The third kappa shape index (κ3) is 3.73. The van der Waals surface area contributed by atoms with Crippen LogP contribution in [0.15, 0.2) is 24.3 Å². The Hall–Kier alpha value is -2.04. The SMILES string of the molecule is CCCNC(=O)CNC(=O)CC1CNc2ccccc21. The van der Waals surface area contributed by atoms with Crippen LogP contribution in [0.1, 0.15) is 31.2 Å². The second-order valence-corrected chi connectivity index (χ2v) is 5.00. The lowest BCUT2D eigenvalue weighted by Crippen LogP contribution is -2.37. The molecular weight excluding hydrogens is 254 g/mol. The van der Waals surface area contributed by atoms with E-state index in [2.05, 4.69) is 16.0 Å². The zero-order valence-corrected chi connectivity index (χ0v) is 11.7. The standard InChI is InChI=1S/C15H21N3O2/c1-2-7-16-15(20)10-18-14(19)8-11-9-17-13-6-4-3-5-12(11)13/h3-6,11,17H,2,7-10H2,1H3,(H,16,20)(H,18,19). The molecular formula is C15H21N3O2. The van der Waals surface area contributed by atoms with E-state index < -0.39 is 0 Å². The van der Waals surface area contributed by atoms with Gasteiger partial charge in [-0.15, -0.1) is 0 Å². The smallest absolute Gasteiger partial charge is 0.239 e. The summed E-state index contributed by atoms with van der Waals surface area (Å²) < 4.78 is 0. The fourth-order valence-electron chi connectivity index (χ4n) is 2.34. The molecule has 108 valence electrons. The fourth-order valence-corrected chi connectivity index (χ4v) is 2.34. The summed E-state index contributed by atoms with van der Waals surface area (Å²) in [6, 6.07) is 8.02. The molecule has 0 radical (unpaired) electrons. The lowest BCUT2D eigenvalue weighted by Gasteiger charge is -2.10. The van der Waals surface area contributed by atoms with E-state index in [1.807, 2.05) is 31.2 Å². The molecule has 5 nitrogen and oxygen atoms in total. The predicted molar refractivity (Wildman–Crippen MR) is 78.6 cm³/mol. The second-order valence-electron chi connectivity index (χ2n) is 5.00. The molecule has 3 N–H and O–H groups in total. The first-order valence-electron chi connectivity index (χ1n) is 7.07. The van der Waals surface area contributed by atoms with Gasteiger partial charge in [-0.1, -0.05) is 25.1 Å². The fraction of sp³-hybridized carbons (Fsp3) is 0.467. The van der Waals surface area contributed by atoms with E-state index >= 15 is 0 Å². The number of amides is 2. The van der Waals surface area contributed by atoms with Gasteiger partial charge < -0.3 is 16.0 Å². The van der Waals surface area contributed by atoms with Gasteiger partial charge in [0.15, 0.2) is 0 Å². The molecule has 0 saturated heterocycles. The molecule has 1 aliphatic rings. The monoisotopic (exact) mass is 275 g/mol. The van der Waals surface area contributed by atoms with Crippen LogP contribution in [0, 0.1) is 0 Å². The number of carbonyl (C=O) groups excluding carboxylic acids is 2. The van der Waals surface area contributed by atoms with Gasteiger partial charge in [0.1, 0.15) is 0 Å². The van der Waals surface area contributed by atoms with E-state index in [0.717, 1.165) is 18.7 Å². The number of anilines is 1. The maximum absolute atomic E-state index is 11.9. The van der Waals surface area contributed by atoms with Gasteiger partial charge in [0.05, 0.1) is 6.54 Å². The summed E-state index contributed by atoms with van der Waals surface area (Å²) in [5.41, 5.74) is 2.28. The van der Waals surface area contributed by atoms with Crippen LogP contribution < -0.4 is 16.0 Å². The van der Waals surface area contributed by atoms with Crippen molar-refractivity contribution in [2.75, 3.05) is 25.0 Å². The van der Waals surface area contributed by atoms with Crippen molar-refractivity contribution in [2.45, 2.75) is 25.7 Å². The van der Waals surface area contributed by atoms with Gasteiger partial charge >= 0.3 is 0 Å². The molecule has 0 bridgehead atoms. The van der Waals surface area contributed by atoms with Crippen molar-refractivity contribution in [2.24, 2.45) is 0 Å². The van der Waals surface area contributed by atoms with Gasteiger partial charge in [-0.05, 0) is 18.1 Å². The van der Waals surface area contributed by atoms with Crippen molar-refractivity contribution in [1.82, 2.24) is 10.6 Å². The summed E-state index contributed by atoms with van der Waals surface area (Å²) in [6.45, 7) is 3.47. The molecule has 20 heavy (non-hydrogen) atoms. The Labute approximate surface area is 119 Å². The molecule has 0 saturated carbocycles. The normalized spacial score (nSPS) is 16.1. The van der Waals surface area contributed by atoms with Crippen molar-refractivity contribution < 1.29 is 9.59 Å². The van der Waals surface area contributed by atoms with Crippen molar-refractivity contribution >= 4 is 17.5 Å². The van der Waals surface area contributed by atoms with Gasteiger partial charge in [-0.2, -0.15) is 0 Å². The van der Waals surface area contributed by atoms with Gasteiger partial charge in [0, 0.05) is 31.1 Å². The Kier molecular flexibility index (Phi) is 4.98. The summed E-state index contributed by atoms with van der Waals surface area (Å²) in [5.74, 6) is -0.0322. The number of hydrogen-bond acceptors (Lipinski definition) is 3. The van der Waals surface area contributed by atoms with Crippen LogP contribution in [0.4, 0.5) is 5.69 Å². The summed E-state index contributed by atoms with van der Waals surface area (Å²) in [7, 11) is 0. The van der Waals surface area contributed by atoms with E-state index in [1.54, 1.807) is 0 Å². The minimum absolute atomic E-state index is 0.0562. The minimum Gasteiger partial charge on any atom is -0.384 e. The zero-order chi connectivity index (χ0) is 14.4. The highest BCUT2D eigenvalue weighted by atomic mass is 16.2. The Morgan fingerprint density at radius 1 is 1.25 bits per heavy atom. The number of nitrogens with one attached hydrogen (secondary N) is 3. The molecule has 1 aromatic rings. The number of rotatable bonds is 6. The molecule has 1 atom stereocenters. The van der Waals surface area contributed by atoms with Crippen molar-refractivity contribution in [1.29, 1.82) is 0 Å². The van der Waals surface area contributed by atoms with Crippen molar-refractivity contribution in [3.05, 3.63) is 29.8 Å². The van der Waals surface area contributed by atoms with E-state index in [-0.39, 0.29) is 24.3 Å². The third-order valence-corrected chi connectivity index (χ3v) is 3.39. The molecule has 0 fully saturated rings. The van der Waals surface area contributed by atoms with Gasteiger partial charge in [0.25, 0.3) is 0 Å². The Balaban J connectivity index is 1.77. The second kappa shape index (κ2) is 6.93. The highest BCUT2D eigenvalue weighted by Gasteiger charge is 2.23. The number of hydrogen-bond donors (Lipinski definition) is 3. The predicted octanol–water partition coefficient (Wildman–Crippen LogP) is 1.23. The highest BCUT2D eigenvalue weighted by Crippen LogP contribution is 2.32. The Morgan fingerprint density at radius 2 is 2.05 bits per heavy atom. The number of benzene rings is 1. The molecule has 2 amide bonds. The largest absolute Gasteiger partial charge is 0.384 e. The average molecular weight is 275 g/mol. The number of carbonyl (C=O) groups is 2. The lowest BCUT2D eigenvalue weighted by atomic mass is 9.97. The highest BCUT2D eigenvalue weighted by molar-refractivity contribution is 5.85.